The summed E-state index contributed by atoms with van der Waals surface area (Å²) in [5.74, 6) is 1.34. The summed E-state index contributed by atoms with van der Waals surface area (Å²) in [5, 5.41) is 13.0. The molecule has 3 aromatic rings. The monoisotopic (exact) mass is 349 g/mol. The van der Waals surface area contributed by atoms with Gasteiger partial charge in [0, 0.05) is 35.9 Å². The predicted molar refractivity (Wildman–Crippen MR) is 97.3 cm³/mol. The van der Waals surface area contributed by atoms with Crippen molar-refractivity contribution in [2.24, 2.45) is 0 Å². The zero-order valence-electron chi connectivity index (χ0n) is 14.1. The Morgan fingerprint density at radius 1 is 1.19 bits per heavy atom. The molecule has 26 heavy (non-hydrogen) atoms. The molecule has 0 radical (unpaired) electrons. The van der Waals surface area contributed by atoms with Crippen LogP contribution in [-0.2, 0) is 12.8 Å². The Kier molecular flexibility index (Phi) is 4.51. The fourth-order valence-corrected chi connectivity index (χ4v) is 3.07. The molecule has 2 heterocycles. The number of ether oxygens (including phenoxy) is 1. The molecule has 1 aliphatic carbocycles. The number of carbonyl (C=O) groups is 1. The van der Waals surface area contributed by atoms with E-state index in [4.69, 9.17) is 4.74 Å². The summed E-state index contributed by atoms with van der Waals surface area (Å²) >= 11 is 0. The van der Waals surface area contributed by atoms with Crippen LogP contribution in [-0.4, -0.2) is 27.3 Å². The number of carbonyl (C=O) groups excluding carboxylic acids is 1. The van der Waals surface area contributed by atoms with Gasteiger partial charge in [-0.3, -0.25) is 10.1 Å². The largest absolute Gasteiger partial charge is 0.457 e. The molecule has 0 saturated carbocycles. The number of aryl methyl sites for hydroxylation is 1. The zero-order chi connectivity index (χ0) is 17.8. The smallest absolute Gasteiger partial charge is 0.319 e. The number of rotatable bonds is 4. The maximum Gasteiger partial charge on any atom is 0.319 e. The summed E-state index contributed by atoms with van der Waals surface area (Å²) in [4.78, 5) is 16.3. The molecule has 0 spiro atoms. The van der Waals surface area contributed by atoms with Crippen LogP contribution < -0.4 is 15.4 Å². The van der Waals surface area contributed by atoms with Crippen molar-refractivity contribution in [1.29, 1.82) is 0 Å². The number of hydrogen-bond acceptors (Lipinski definition) is 4. The third-order valence-corrected chi connectivity index (χ3v) is 4.33. The van der Waals surface area contributed by atoms with Crippen LogP contribution >= 0.6 is 0 Å². The molecule has 1 atom stereocenters. The Balaban J connectivity index is 1.35. The van der Waals surface area contributed by atoms with E-state index in [0.29, 0.717) is 17.2 Å². The first-order chi connectivity index (χ1) is 12.8. The van der Waals surface area contributed by atoms with Crippen molar-refractivity contribution in [3.63, 3.8) is 0 Å². The van der Waals surface area contributed by atoms with E-state index >= 15 is 0 Å². The molecular weight excluding hydrogens is 330 g/mol. The summed E-state index contributed by atoms with van der Waals surface area (Å²) in [6.45, 7) is 0. The van der Waals surface area contributed by atoms with Gasteiger partial charge in [-0.2, -0.15) is 5.10 Å². The van der Waals surface area contributed by atoms with Gasteiger partial charge >= 0.3 is 6.03 Å². The molecule has 1 aliphatic rings. The molecule has 1 unspecified atom stereocenters. The average Bonchev–Trinajstić information content (AvgIpc) is 3.10. The lowest BCUT2D eigenvalue weighted by Gasteiger charge is -2.23. The number of nitrogens with one attached hydrogen (secondary N) is 3. The quantitative estimate of drug-likeness (QED) is 0.674. The third-order valence-electron chi connectivity index (χ3n) is 4.33. The Hall–Kier alpha value is -3.35. The van der Waals surface area contributed by atoms with E-state index in [-0.39, 0.29) is 12.1 Å². The van der Waals surface area contributed by atoms with Crippen molar-refractivity contribution in [3.8, 4) is 11.5 Å². The molecule has 2 aromatic heterocycles. The molecule has 1 aromatic carbocycles. The molecule has 7 nitrogen and oxygen atoms in total. The highest BCUT2D eigenvalue weighted by Gasteiger charge is 2.21. The number of pyridine rings is 1. The fraction of sp³-hybridized carbons (Fsp3) is 0.211. The van der Waals surface area contributed by atoms with Gasteiger partial charge in [0.1, 0.15) is 11.5 Å². The average molecular weight is 349 g/mol. The fourth-order valence-electron chi connectivity index (χ4n) is 3.07. The van der Waals surface area contributed by atoms with Crippen LogP contribution in [0.25, 0.3) is 0 Å². The molecule has 7 heteroatoms. The first-order valence-electron chi connectivity index (χ1n) is 8.53. The number of H-pyrrole nitrogens is 1. The number of benzene rings is 1. The van der Waals surface area contributed by atoms with Crippen LogP contribution in [0.4, 0.5) is 10.5 Å². The van der Waals surface area contributed by atoms with Crippen LogP contribution in [0.3, 0.4) is 0 Å². The molecule has 2 amide bonds. The van der Waals surface area contributed by atoms with Gasteiger partial charge < -0.3 is 15.4 Å². The molecule has 0 bridgehead atoms. The van der Waals surface area contributed by atoms with Gasteiger partial charge in [0.05, 0.1) is 6.20 Å². The summed E-state index contributed by atoms with van der Waals surface area (Å²) in [7, 11) is 0. The summed E-state index contributed by atoms with van der Waals surface area (Å²) in [6.07, 6.45) is 7.76. The number of urea groups is 1. The Bertz CT molecular complexity index is 894. The number of anilines is 1. The van der Waals surface area contributed by atoms with Crippen LogP contribution in [0.2, 0.25) is 0 Å². The molecule has 132 valence electrons. The molecule has 4 rings (SSSR count). The van der Waals surface area contributed by atoms with E-state index in [1.165, 1.54) is 11.3 Å². The summed E-state index contributed by atoms with van der Waals surface area (Å²) in [5.41, 5.74) is 3.02. The first-order valence-corrected chi connectivity index (χ1v) is 8.53. The number of nitrogens with zero attached hydrogens (tertiary/aromatic N) is 2. The molecule has 0 aliphatic heterocycles. The van der Waals surface area contributed by atoms with Crippen LogP contribution in [0.15, 0.2) is 55.0 Å². The summed E-state index contributed by atoms with van der Waals surface area (Å²) in [6, 6.07) is 10.7. The van der Waals surface area contributed by atoms with Gasteiger partial charge in [-0.15, -0.1) is 0 Å². The van der Waals surface area contributed by atoms with Gasteiger partial charge in [-0.1, -0.05) is 6.07 Å². The highest BCUT2D eigenvalue weighted by molar-refractivity contribution is 5.89. The molecule has 0 fully saturated rings. The van der Waals surface area contributed by atoms with E-state index in [1.54, 1.807) is 30.6 Å². The van der Waals surface area contributed by atoms with Gasteiger partial charge in [-0.25, -0.2) is 4.79 Å². The predicted octanol–water partition coefficient (Wildman–Crippen LogP) is 3.28. The molecule has 0 saturated heterocycles. The van der Waals surface area contributed by atoms with Crippen molar-refractivity contribution >= 4 is 11.7 Å². The SMILES string of the molecule is O=C(Nc1cccc(Oc2ccncc2)c1)NC1CCc2[nH]ncc2C1. The van der Waals surface area contributed by atoms with E-state index < -0.39 is 0 Å². The van der Waals surface area contributed by atoms with Crippen molar-refractivity contribution in [2.45, 2.75) is 25.3 Å². The number of hydrogen-bond donors (Lipinski definition) is 3. The lowest BCUT2D eigenvalue weighted by Crippen LogP contribution is -2.41. The van der Waals surface area contributed by atoms with Crippen LogP contribution in [0.1, 0.15) is 17.7 Å². The third kappa shape index (κ3) is 3.83. The van der Waals surface area contributed by atoms with Gasteiger partial charge in [0.25, 0.3) is 0 Å². The second-order valence-corrected chi connectivity index (χ2v) is 6.22. The zero-order valence-corrected chi connectivity index (χ0v) is 14.1. The van der Waals surface area contributed by atoms with E-state index in [9.17, 15) is 4.79 Å². The van der Waals surface area contributed by atoms with Gasteiger partial charge in [0.2, 0.25) is 0 Å². The second kappa shape index (κ2) is 7.26. The van der Waals surface area contributed by atoms with E-state index in [2.05, 4.69) is 25.8 Å². The highest BCUT2D eigenvalue weighted by Crippen LogP contribution is 2.24. The minimum atomic E-state index is -0.219. The topological polar surface area (TPSA) is 91.9 Å². The Morgan fingerprint density at radius 2 is 2.08 bits per heavy atom. The lowest BCUT2D eigenvalue weighted by molar-refractivity contribution is 0.247. The van der Waals surface area contributed by atoms with E-state index in [1.807, 2.05) is 24.4 Å². The number of fused-ring (bicyclic) bond motifs is 1. The molecular formula is C19H19N5O2. The van der Waals surface area contributed by atoms with Gasteiger partial charge in [-0.05, 0) is 49.1 Å². The Labute approximate surface area is 150 Å². The number of amides is 2. The van der Waals surface area contributed by atoms with Crippen molar-refractivity contribution in [3.05, 3.63) is 66.2 Å². The van der Waals surface area contributed by atoms with Gasteiger partial charge in [0.15, 0.2) is 0 Å². The van der Waals surface area contributed by atoms with Crippen molar-refractivity contribution in [2.75, 3.05) is 5.32 Å². The minimum absolute atomic E-state index is 0.108. The second-order valence-electron chi connectivity index (χ2n) is 6.22. The first kappa shape index (κ1) is 16.1. The summed E-state index contributed by atoms with van der Waals surface area (Å²) < 4.78 is 5.76. The lowest BCUT2D eigenvalue weighted by atomic mass is 9.94. The number of aromatic amines is 1. The van der Waals surface area contributed by atoms with Crippen molar-refractivity contribution in [1.82, 2.24) is 20.5 Å². The Morgan fingerprint density at radius 3 is 2.96 bits per heavy atom. The maximum absolute atomic E-state index is 12.3. The minimum Gasteiger partial charge on any atom is -0.457 e. The maximum atomic E-state index is 12.3. The normalized spacial score (nSPS) is 15.8. The van der Waals surface area contributed by atoms with Crippen LogP contribution in [0.5, 0.6) is 11.5 Å². The van der Waals surface area contributed by atoms with E-state index in [0.717, 1.165) is 19.3 Å². The highest BCUT2D eigenvalue weighted by atomic mass is 16.5. The number of aromatic nitrogens is 3. The van der Waals surface area contributed by atoms with Crippen LogP contribution in [0, 0.1) is 0 Å². The van der Waals surface area contributed by atoms with Crippen molar-refractivity contribution < 1.29 is 9.53 Å². The standard InChI is InChI=1S/C19H19N5O2/c25-19(23-15-4-5-18-13(10-15)12-21-24-18)22-14-2-1-3-17(11-14)26-16-6-8-20-9-7-16/h1-3,6-9,11-12,15H,4-5,10H2,(H,21,24)(H2,22,23,25). The molecule has 3 N–H and O–H groups in total.